The van der Waals surface area contributed by atoms with Crippen LogP contribution in [0.3, 0.4) is 0 Å². The van der Waals surface area contributed by atoms with Crippen LogP contribution in [0.1, 0.15) is 54.2 Å². The summed E-state index contributed by atoms with van der Waals surface area (Å²) in [5, 5.41) is 15.3. The van der Waals surface area contributed by atoms with Crippen molar-refractivity contribution in [3.05, 3.63) is 52.3 Å². The van der Waals surface area contributed by atoms with E-state index in [0.717, 1.165) is 30.4 Å². The molecule has 0 radical (unpaired) electrons. The Balaban J connectivity index is 1.31. The fourth-order valence-corrected chi connectivity index (χ4v) is 7.00. The number of aromatic nitrogens is 2. The molecule has 3 aliphatic rings. The topological polar surface area (TPSA) is 129 Å². The average molecular weight is 651 g/mol. The summed E-state index contributed by atoms with van der Waals surface area (Å²) < 4.78 is 52.3. The van der Waals surface area contributed by atoms with Gasteiger partial charge < -0.3 is 30.1 Å². The van der Waals surface area contributed by atoms with Crippen LogP contribution in [0.25, 0.3) is 5.70 Å². The first-order chi connectivity index (χ1) is 21.6. The van der Waals surface area contributed by atoms with Crippen molar-refractivity contribution >= 4 is 35.2 Å². The third kappa shape index (κ3) is 7.82. The highest BCUT2D eigenvalue weighted by molar-refractivity contribution is 8.04. The number of carbonyl (C=O) groups is 2. The van der Waals surface area contributed by atoms with Crippen LogP contribution in [0.5, 0.6) is 5.75 Å². The molecule has 0 bridgehead atoms. The molecule has 2 unspecified atom stereocenters. The number of alkyl halides is 3. The van der Waals surface area contributed by atoms with Gasteiger partial charge in [0.25, 0.3) is 5.91 Å². The van der Waals surface area contributed by atoms with Crippen molar-refractivity contribution in [2.24, 2.45) is 5.92 Å². The third-order valence-corrected chi connectivity index (χ3v) is 9.36. The van der Waals surface area contributed by atoms with Gasteiger partial charge in [-0.3, -0.25) is 14.5 Å². The fourth-order valence-electron chi connectivity index (χ4n) is 5.83. The largest absolute Gasteiger partial charge is 0.496 e. The first-order valence-corrected chi connectivity index (χ1v) is 15.8. The molecule has 3 aliphatic heterocycles. The van der Waals surface area contributed by atoms with E-state index in [9.17, 15) is 27.9 Å². The van der Waals surface area contributed by atoms with E-state index in [-0.39, 0.29) is 23.4 Å². The van der Waals surface area contributed by atoms with Gasteiger partial charge in [0, 0.05) is 37.2 Å². The third-order valence-electron chi connectivity index (χ3n) is 8.27. The average Bonchev–Trinajstić information content (AvgIpc) is 3.65. The number of thioether (sulfide) groups is 1. The van der Waals surface area contributed by atoms with E-state index in [4.69, 9.17) is 9.47 Å². The lowest BCUT2D eigenvalue weighted by atomic mass is 9.97. The van der Waals surface area contributed by atoms with Crippen LogP contribution < -0.4 is 20.3 Å². The van der Waals surface area contributed by atoms with Gasteiger partial charge in [0.2, 0.25) is 0 Å². The summed E-state index contributed by atoms with van der Waals surface area (Å²) in [6.07, 6.45) is 1.20. The van der Waals surface area contributed by atoms with Crippen LogP contribution in [0, 0.1) is 5.92 Å². The number of methoxy groups -OCH3 is 1. The SMILES string of the molecule is CCOCC1CCCN1CC1=C(c2ccc(OC)c(C(F)(F)F)c2)NC(NC(=O)c2cnc(N3CCC(C(=O)O)CC3)cn2)S1. The van der Waals surface area contributed by atoms with E-state index in [2.05, 4.69) is 25.5 Å². The zero-order chi connectivity index (χ0) is 32.1. The number of likely N-dealkylation sites (tertiary alicyclic amines) is 1. The van der Waals surface area contributed by atoms with Crippen molar-refractivity contribution in [2.75, 3.05) is 51.4 Å². The van der Waals surface area contributed by atoms with E-state index in [1.54, 1.807) is 6.07 Å². The molecule has 2 aromatic rings. The smallest absolute Gasteiger partial charge is 0.419 e. The molecule has 1 aromatic carbocycles. The number of hydrogen-bond donors (Lipinski definition) is 3. The number of hydrogen-bond acceptors (Lipinski definition) is 10. The second-order valence-electron chi connectivity index (χ2n) is 11.1. The number of nitrogens with zero attached hydrogens (tertiary/aromatic N) is 4. The maximum Gasteiger partial charge on any atom is 0.419 e. The fraction of sp³-hybridized carbons (Fsp3) is 0.533. The van der Waals surface area contributed by atoms with Crippen molar-refractivity contribution in [2.45, 2.75) is 50.3 Å². The van der Waals surface area contributed by atoms with Gasteiger partial charge in [-0.1, -0.05) is 11.8 Å². The number of benzene rings is 1. The number of ether oxygens (including phenoxy) is 2. The number of aliphatic carboxylic acids is 1. The summed E-state index contributed by atoms with van der Waals surface area (Å²) in [6, 6.07) is 4.14. The molecule has 15 heteroatoms. The van der Waals surface area contributed by atoms with E-state index in [0.29, 0.717) is 62.8 Å². The maximum atomic E-state index is 13.9. The van der Waals surface area contributed by atoms with E-state index < -0.39 is 29.1 Å². The predicted molar refractivity (Wildman–Crippen MR) is 163 cm³/mol. The zero-order valence-corrected chi connectivity index (χ0v) is 25.9. The maximum absolute atomic E-state index is 13.9. The number of carboxylic acid groups (broad SMARTS) is 1. The molecule has 244 valence electrons. The number of carbonyl (C=O) groups excluding carboxylic acids is 1. The van der Waals surface area contributed by atoms with Gasteiger partial charge in [0.15, 0.2) is 5.50 Å². The highest BCUT2D eigenvalue weighted by Crippen LogP contribution is 2.41. The minimum absolute atomic E-state index is 0.0803. The van der Waals surface area contributed by atoms with E-state index in [1.807, 2.05) is 11.8 Å². The monoisotopic (exact) mass is 650 g/mol. The molecule has 0 saturated carbocycles. The lowest BCUT2D eigenvalue weighted by Gasteiger charge is -2.30. The molecule has 1 amide bonds. The molecule has 2 atom stereocenters. The minimum Gasteiger partial charge on any atom is -0.496 e. The van der Waals surface area contributed by atoms with Crippen LogP contribution in [0.2, 0.25) is 0 Å². The molecule has 2 fully saturated rings. The molecule has 1 aromatic heterocycles. The van der Waals surface area contributed by atoms with Gasteiger partial charge in [-0.25, -0.2) is 9.97 Å². The normalized spacial score (nSPS) is 21.2. The Morgan fingerprint density at radius 3 is 2.58 bits per heavy atom. The van der Waals surface area contributed by atoms with Crippen molar-refractivity contribution in [1.29, 1.82) is 0 Å². The standard InChI is InChI=1S/C30H37F3N6O5S/c1-3-44-17-20-5-4-10-39(20)16-24-26(19-6-7-23(43-2)21(13-19)30(31,32)33)36-29(45-24)37-27(40)22-14-35-25(15-34-22)38-11-8-18(9-12-38)28(41)42/h6-7,13-15,18,20,29,36H,3-5,8-12,16-17H2,1-2H3,(H,37,40)(H,41,42). The Morgan fingerprint density at radius 1 is 1.16 bits per heavy atom. The second kappa shape index (κ2) is 14.3. The summed E-state index contributed by atoms with van der Waals surface area (Å²) in [5.41, 5.74) is -0.628. The van der Waals surface area contributed by atoms with Crippen LogP contribution in [0.15, 0.2) is 35.5 Å². The number of carboxylic acids is 1. The Hall–Kier alpha value is -3.56. The highest BCUT2D eigenvalue weighted by atomic mass is 32.2. The summed E-state index contributed by atoms with van der Waals surface area (Å²) in [5.74, 6) is -1.38. The summed E-state index contributed by atoms with van der Waals surface area (Å²) >= 11 is 1.34. The Labute approximate surface area is 263 Å². The van der Waals surface area contributed by atoms with Crippen molar-refractivity contribution in [3.63, 3.8) is 0 Å². The Bertz CT molecular complexity index is 1400. The van der Waals surface area contributed by atoms with Gasteiger partial charge in [-0.05, 0) is 62.9 Å². The molecule has 0 aliphatic carbocycles. The van der Waals surface area contributed by atoms with Crippen LogP contribution in [-0.2, 0) is 15.7 Å². The molecule has 3 N–H and O–H groups in total. The van der Waals surface area contributed by atoms with Gasteiger partial charge in [-0.2, -0.15) is 13.2 Å². The lowest BCUT2D eigenvalue weighted by molar-refractivity contribution is -0.142. The van der Waals surface area contributed by atoms with Crippen LogP contribution in [0.4, 0.5) is 19.0 Å². The van der Waals surface area contributed by atoms with Gasteiger partial charge in [0.05, 0.1) is 43.3 Å². The molecule has 5 rings (SSSR count). The van der Waals surface area contributed by atoms with Crippen LogP contribution >= 0.6 is 11.8 Å². The van der Waals surface area contributed by atoms with Gasteiger partial charge >= 0.3 is 12.1 Å². The van der Waals surface area contributed by atoms with Crippen molar-refractivity contribution < 1.29 is 37.3 Å². The molecule has 2 saturated heterocycles. The number of halogens is 3. The predicted octanol–water partition coefficient (Wildman–Crippen LogP) is 4.02. The van der Waals surface area contributed by atoms with Gasteiger partial charge in [0.1, 0.15) is 17.3 Å². The number of amides is 1. The summed E-state index contributed by atoms with van der Waals surface area (Å²) in [6.45, 7) is 5.48. The number of piperidine rings is 1. The zero-order valence-electron chi connectivity index (χ0n) is 25.1. The number of anilines is 1. The first kappa shape index (κ1) is 32.8. The Morgan fingerprint density at radius 2 is 1.93 bits per heavy atom. The van der Waals surface area contributed by atoms with E-state index in [1.165, 1.54) is 37.3 Å². The quantitative estimate of drug-likeness (QED) is 0.326. The minimum atomic E-state index is -4.62. The summed E-state index contributed by atoms with van der Waals surface area (Å²) in [7, 11) is 1.20. The van der Waals surface area contributed by atoms with E-state index >= 15 is 0 Å². The molecule has 0 spiro atoms. The van der Waals surface area contributed by atoms with Crippen molar-refractivity contribution in [3.8, 4) is 5.75 Å². The summed E-state index contributed by atoms with van der Waals surface area (Å²) in [4.78, 5) is 38.1. The molecule has 4 heterocycles. The molecule has 45 heavy (non-hydrogen) atoms. The highest BCUT2D eigenvalue weighted by Gasteiger charge is 2.37. The molecular formula is C30H37F3N6O5S. The molecular weight excluding hydrogens is 613 g/mol. The lowest BCUT2D eigenvalue weighted by Crippen LogP contribution is -2.40. The van der Waals surface area contributed by atoms with Crippen molar-refractivity contribution in [1.82, 2.24) is 25.5 Å². The second-order valence-corrected chi connectivity index (χ2v) is 12.3. The molecule has 11 nitrogen and oxygen atoms in total. The first-order valence-electron chi connectivity index (χ1n) is 14.9. The van der Waals surface area contributed by atoms with Gasteiger partial charge in [-0.15, -0.1) is 0 Å². The Kier molecular flexibility index (Phi) is 10.4. The van der Waals surface area contributed by atoms with Crippen LogP contribution in [-0.4, -0.2) is 89.9 Å². The number of rotatable bonds is 11. The number of nitrogens with one attached hydrogen (secondary N) is 2.